The summed E-state index contributed by atoms with van der Waals surface area (Å²) in [5.74, 6) is 0. The number of nitrogens with one attached hydrogen (secondary N) is 1. The third kappa shape index (κ3) is 3.28. The molecule has 0 aliphatic rings. The predicted octanol–water partition coefficient (Wildman–Crippen LogP) is 1.29. The Hall–Kier alpha value is -0.430. The van der Waals surface area contributed by atoms with E-state index in [4.69, 9.17) is 0 Å². The van der Waals surface area contributed by atoms with Gasteiger partial charge < -0.3 is 5.32 Å². The zero-order valence-electron chi connectivity index (χ0n) is 9.27. The Morgan fingerprint density at radius 2 is 1.88 bits per heavy atom. The van der Waals surface area contributed by atoms with Crippen LogP contribution in [0.25, 0.3) is 0 Å². The van der Waals surface area contributed by atoms with E-state index in [1.807, 2.05) is 0 Å². The van der Waals surface area contributed by atoms with Gasteiger partial charge in [-0.25, -0.2) is 8.42 Å². The van der Waals surface area contributed by atoms with Gasteiger partial charge in [0, 0.05) is 24.6 Å². The van der Waals surface area contributed by atoms with Gasteiger partial charge in [0.15, 0.2) is 0 Å². The Labute approximate surface area is 105 Å². The van der Waals surface area contributed by atoms with Crippen molar-refractivity contribution in [2.75, 3.05) is 27.2 Å². The summed E-state index contributed by atoms with van der Waals surface area (Å²) in [7, 11) is 0.0144. The first kappa shape index (κ1) is 13.6. The summed E-state index contributed by atoms with van der Waals surface area (Å²) < 4.78 is 26.3. The van der Waals surface area contributed by atoms with Crippen LogP contribution in [0.5, 0.6) is 0 Å². The van der Waals surface area contributed by atoms with Gasteiger partial charge in [0.2, 0.25) is 10.0 Å². The molecule has 0 spiro atoms. The molecule has 0 heterocycles. The van der Waals surface area contributed by atoms with Crippen molar-refractivity contribution in [2.45, 2.75) is 4.90 Å². The van der Waals surface area contributed by atoms with Crippen LogP contribution < -0.4 is 5.32 Å². The van der Waals surface area contributed by atoms with E-state index in [0.29, 0.717) is 18.0 Å². The number of nitrogens with zero attached hydrogens (tertiary/aromatic N) is 1. The lowest BCUT2D eigenvalue weighted by atomic mass is 10.4. The van der Waals surface area contributed by atoms with Crippen LogP contribution in [0.3, 0.4) is 0 Å². The number of rotatable bonds is 5. The van der Waals surface area contributed by atoms with E-state index in [1.165, 1.54) is 4.31 Å². The lowest BCUT2D eigenvalue weighted by molar-refractivity contribution is 0.466. The van der Waals surface area contributed by atoms with Crippen LogP contribution in [0.15, 0.2) is 33.6 Å². The second kappa shape index (κ2) is 5.77. The molecule has 1 aromatic carbocycles. The fraction of sp³-hybridized carbons (Fsp3) is 0.400. The number of likely N-dealkylation sites (N-methyl/N-ethyl adjacent to an activating group) is 2. The molecule has 0 bridgehead atoms. The van der Waals surface area contributed by atoms with Gasteiger partial charge in [-0.1, -0.05) is 15.9 Å². The third-order valence-electron chi connectivity index (χ3n) is 2.20. The minimum atomic E-state index is -3.36. The highest BCUT2D eigenvalue weighted by Crippen LogP contribution is 2.17. The van der Waals surface area contributed by atoms with Gasteiger partial charge in [0.25, 0.3) is 0 Å². The maximum atomic E-state index is 12.0. The first-order chi connectivity index (χ1) is 7.48. The van der Waals surface area contributed by atoms with Gasteiger partial charge in [0.05, 0.1) is 4.90 Å². The maximum absolute atomic E-state index is 12.0. The standard InChI is InChI=1S/C10H15BrN2O2S/c1-12-7-8-13(2)16(14,15)10-5-3-9(11)4-6-10/h3-6,12H,7-8H2,1-2H3. The smallest absolute Gasteiger partial charge is 0.242 e. The number of halogens is 1. The van der Waals surface area contributed by atoms with Gasteiger partial charge in [0.1, 0.15) is 0 Å². The van der Waals surface area contributed by atoms with Gasteiger partial charge in [-0.2, -0.15) is 4.31 Å². The van der Waals surface area contributed by atoms with E-state index < -0.39 is 10.0 Å². The highest BCUT2D eigenvalue weighted by Gasteiger charge is 2.19. The average molecular weight is 307 g/mol. The van der Waals surface area contributed by atoms with Crippen molar-refractivity contribution in [1.82, 2.24) is 9.62 Å². The van der Waals surface area contributed by atoms with Crippen molar-refractivity contribution in [3.05, 3.63) is 28.7 Å². The van der Waals surface area contributed by atoms with Crippen LogP contribution in [0.2, 0.25) is 0 Å². The Morgan fingerprint density at radius 3 is 2.38 bits per heavy atom. The molecule has 16 heavy (non-hydrogen) atoms. The average Bonchev–Trinajstić information content (AvgIpc) is 2.26. The van der Waals surface area contributed by atoms with Crippen molar-refractivity contribution >= 4 is 26.0 Å². The molecule has 0 atom stereocenters. The van der Waals surface area contributed by atoms with Crippen molar-refractivity contribution < 1.29 is 8.42 Å². The quantitative estimate of drug-likeness (QED) is 0.892. The lowest BCUT2D eigenvalue weighted by Gasteiger charge is -2.16. The molecule has 0 fully saturated rings. The second-order valence-corrected chi connectivity index (χ2v) is 6.34. The fourth-order valence-electron chi connectivity index (χ4n) is 1.18. The molecule has 90 valence electrons. The Bertz CT molecular complexity index is 431. The summed E-state index contributed by atoms with van der Waals surface area (Å²) in [5, 5.41) is 2.92. The fourth-order valence-corrected chi connectivity index (χ4v) is 2.61. The molecule has 0 aliphatic heterocycles. The van der Waals surface area contributed by atoms with Gasteiger partial charge >= 0.3 is 0 Å². The van der Waals surface area contributed by atoms with Crippen LogP contribution in [-0.2, 0) is 10.0 Å². The summed E-state index contributed by atoms with van der Waals surface area (Å²) in [6.07, 6.45) is 0. The van der Waals surface area contributed by atoms with E-state index in [2.05, 4.69) is 21.2 Å². The molecular formula is C10H15BrN2O2S. The number of sulfonamides is 1. The topological polar surface area (TPSA) is 49.4 Å². The molecule has 0 aliphatic carbocycles. The molecule has 1 rings (SSSR count). The molecule has 0 aromatic heterocycles. The van der Waals surface area contributed by atoms with E-state index in [1.54, 1.807) is 38.4 Å². The van der Waals surface area contributed by atoms with Crippen LogP contribution in [0, 0.1) is 0 Å². The molecule has 1 N–H and O–H groups in total. The molecule has 1 aromatic rings. The van der Waals surface area contributed by atoms with Crippen molar-refractivity contribution in [1.29, 1.82) is 0 Å². The Kier molecular flexibility index (Phi) is 4.91. The first-order valence-corrected chi connectivity index (χ1v) is 7.08. The number of hydrogen-bond donors (Lipinski definition) is 1. The first-order valence-electron chi connectivity index (χ1n) is 4.85. The third-order valence-corrected chi connectivity index (χ3v) is 4.60. The highest BCUT2D eigenvalue weighted by molar-refractivity contribution is 9.10. The normalized spacial score (nSPS) is 12.0. The second-order valence-electron chi connectivity index (χ2n) is 3.38. The Morgan fingerprint density at radius 1 is 1.31 bits per heavy atom. The van der Waals surface area contributed by atoms with Crippen molar-refractivity contribution in [2.24, 2.45) is 0 Å². The SMILES string of the molecule is CNCCN(C)S(=O)(=O)c1ccc(Br)cc1. The van der Waals surface area contributed by atoms with Crippen molar-refractivity contribution in [3.63, 3.8) is 0 Å². The van der Waals surface area contributed by atoms with E-state index in [0.717, 1.165) is 4.47 Å². The number of hydrogen-bond acceptors (Lipinski definition) is 3. The summed E-state index contributed by atoms with van der Waals surface area (Å²) in [6.45, 7) is 1.08. The lowest BCUT2D eigenvalue weighted by Crippen LogP contribution is -2.32. The van der Waals surface area contributed by atoms with Crippen LogP contribution >= 0.6 is 15.9 Å². The molecule has 0 radical (unpaired) electrons. The van der Waals surface area contributed by atoms with E-state index in [9.17, 15) is 8.42 Å². The molecule has 4 nitrogen and oxygen atoms in total. The highest BCUT2D eigenvalue weighted by atomic mass is 79.9. The number of benzene rings is 1. The van der Waals surface area contributed by atoms with Crippen molar-refractivity contribution in [3.8, 4) is 0 Å². The molecule has 0 unspecified atom stereocenters. The van der Waals surface area contributed by atoms with Gasteiger partial charge in [-0.15, -0.1) is 0 Å². The van der Waals surface area contributed by atoms with Crippen LogP contribution in [0.4, 0.5) is 0 Å². The Balaban J connectivity index is 2.89. The van der Waals surface area contributed by atoms with E-state index in [-0.39, 0.29) is 0 Å². The van der Waals surface area contributed by atoms with Crippen LogP contribution in [0.1, 0.15) is 0 Å². The summed E-state index contributed by atoms with van der Waals surface area (Å²) in [5.41, 5.74) is 0. The molecule has 6 heteroatoms. The maximum Gasteiger partial charge on any atom is 0.242 e. The summed E-state index contributed by atoms with van der Waals surface area (Å²) >= 11 is 3.27. The van der Waals surface area contributed by atoms with E-state index >= 15 is 0 Å². The monoisotopic (exact) mass is 306 g/mol. The summed E-state index contributed by atoms with van der Waals surface area (Å²) in [4.78, 5) is 0.314. The minimum Gasteiger partial charge on any atom is -0.318 e. The molecule has 0 saturated heterocycles. The molecule has 0 saturated carbocycles. The summed E-state index contributed by atoms with van der Waals surface area (Å²) in [6, 6.07) is 6.63. The predicted molar refractivity (Wildman–Crippen MR) is 67.9 cm³/mol. The minimum absolute atomic E-state index is 0.314. The van der Waals surface area contributed by atoms with Gasteiger partial charge in [-0.3, -0.25) is 0 Å². The molecular weight excluding hydrogens is 292 g/mol. The molecule has 0 amide bonds. The zero-order valence-corrected chi connectivity index (χ0v) is 11.7. The zero-order chi connectivity index (χ0) is 12.2. The largest absolute Gasteiger partial charge is 0.318 e. The van der Waals surface area contributed by atoms with Crippen LogP contribution in [-0.4, -0.2) is 39.9 Å². The van der Waals surface area contributed by atoms with Gasteiger partial charge in [-0.05, 0) is 31.3 Å².